The number of aliphatic hydroxyl groups excluding tert-OH is 1. The van der Waals surface area contributed by atoms with Crippen LogP contribution in [0.15, 0.2) is 24.3 Å². The molecule has 1 aromatic rings. The van der Waals surface area contributed by atoms with Crippen molar-refractivity contribution in [3.05, 3.63) is 29.8 Å². The minimum absolute atomic E-state index is 0.221. The summed E-state index contributed by atoms with van der Waals surface area (Å²) in [4.78, 5) is 2.42. The minimum Gasteiger partial charge on any atom is -0.395 e. The first kappa shape index (κ1) is 15.4. The number of aryl methyl sites for hydroxylation is 1. The standard InChI is InChI=1S/C18H29NO/c1-14-6-5-7-16(10-14)19(8-9-20)17-11-15(2)12-18(3,4)13-17/h5-7,10,15,17,20H,8-9,11-13H2,1-4H3. The number of hydrogen-bond donors (Lipinski definition) is 1. The van der Waals surface area contributed by atoms with Crippen molar-refractivity contribution in [1.29, 1.82) is 0 Å². The van der Waals surface area contributed by atoms with E-state index in [-0.39, 0.29) is 6.61 Å². The van der Waals surface area contributed by atoms with E-state index < -0.39 is 0 Å². The Labute approximate surface area is 123 Å². The Bertz CT molecular complexity index is 441. The van der Waals surface area contributed by atoms with E-state index in [1.807, 2.05) is 0 Å². The molecule has 0 heterocycles. The monoisotopic (exact) mass is 275 g/mol. The van der Waals surface area contributed by atoms with E-state index in [4.69, 9.17) is 0 Å². The van der Waals surface area contributed by atoms with E-state index in [0.717, 1.165) is 12.5 Å². The van der Waals surface area contributed by atoms with Gasteiger partial charge in [0, 0.05) is 18.3 Å². The third-order valence-corrected chi connectivity index (χ3v) is 4.48. The molecule has 0 bridgehead atoms. The van der Waals surface area contributed by atoms with Crippen molar-refractivity contribution in [3.8, 4) is 0 Å². The highest BCUT2D eigenvalue weighted by Gasteiger charge is 2.34. The second-order valence-corrected chi connectivity index (χ2v) is 7.32. The molecule has 2 atom stereocenters. The van der Waals surface area contributed by atoms with E-state index >= 15 is 0 Å². The van der Waals surface area contributed by atoms with Crippen molar-refractivity contribution in [2.24, 2.45) is 11.3 Å². The van der Waals surface area contributed by atoms with Gasteiger partial charge in [0.25, 0.3) is 0 Å². The zero-order valence-corrected chi connectivity index (χ0v) is 13.4. The van der Waals surface area contributed by atoms with Crippen molar-refractivity contribution in [1.82, 2.24) is 0 Å². The predicted octanol–water partition coefficient (Wildman–Crippen LogP) is 4.01. The number of benzene rings is 1. The SMILES string of the molecule is Cc1cccc(N(CCO)C2CC(C)CC(C)(C)C2)c1. The van der Waals surface area contributed by atoms with Crippen LogP contribution in [0.25, 0.3) is 0 Å². The van der Waals surface area contributed by atoms with Crippen molar-refractivity contribution < 1.29 is 5.11 Å². The fourth-order valence-corrected chi connectivity index (χ4v) is 3.97. The number of nitrogens with zero attached hydrogens (tertiary/aromatic N) is 1. The van der Waals surface area contributed by atoms with Crippen molar-refractivity contribution in [2.45, 2.75) is 53.0 Å². The second-order valence-electron chi connectivity index (χ2n) is 7.32. The summed E-state index contributed by atoms with van der Waals surface area (Å²) in [6, 6.07) is 9.21. The summed E-state index contributed by atoms with van der Waals surface area (Å²) in [6.07, 6.45) is 3.76. The van der Waals surface area contributed by atoms with Gasteiger partial charge in [-0.25, -0.2) is 0 Å². The van der Waals surface area contributed by atoms with E-state index in [1.165, 1.54) is 30.5 Å². The second kappa shape index (κ2) is 6.17. The molecule has 112 valence electrons. The molecular weight excluding hydrogens is 246 g/mol. The Balaban J connectivity index is 2.24. The molecule has 1 aliphatic rings. The van der Waals surface area contributed by atoms with Gasteiger partial charge in [-0.2, -0.15) is 0 Å². The molecule has 0 aromatic heterocycles. The maximum Gasteiger partial charge on any atom is 0.0606 e. The zero-order chi connectivity index (χ0) is 14.8. The van der Waals surface area contributed by atoms with Crippen LogP contribution in [-0.2, 0) is 0 Å². The Hall–Kier alpha value is -1.02. The fourth-order valence-electron chi connectivity index (χ4n) is 3.97. The first-order chi connectivity index (χ1) is 9.41. The van der Waals surface area contributed by atoms with Crippen LogP contribution in [0, 0.1) is 18.3 Å². The summed E-state index contributed by atoms with van der Waals surface area (Å²) in [5, 5.41) is 9.45. The lowest BCUT2D eigenvalue weighted by molar-refractivity contribution is 0.161. The van der Waals surface area contributed by atoms with E-state index in [1.54, 1.807) is 0 Å². The van der Waals surface area contributed by atoms with Crippen molar-refractivity contribution in [2.75, 3.05) is 18.1 Å². The quantitative estimate of drug-likeness (QED) is 0.897. The van der Waals surface area contributed by atoms with Gasteiger partial charge in [0.2, 0.25) is 0 Å². The lowest BCUT2D eigenvalue weighted by Gasteiger charge is -2.45. The molecular formula is C18H29NO. The number of rotatable bonds is 4. The molecule has 2 heteroatoms. The summed E-state index contributed by atoms with van der Waals surface area (Å²) in [6.45, 7) is 10.2. The first-order valence-electron chi connectivity index (χ1n) is 7.85. The lowest BCUT2D eigenvalue weighted by Crippen LogP contribution is -2.44. The molecule has 0 aliphatic heterocycles. The lowest BCUT2D eigenvalue weighted by atomic mass is 9.70. The summed E-state index contributed by atoms with van der Waals surface area (Å²) >= 11 is 0. The molecule has 0 amide bonds. The maximum absolute atomic E-state index is 9.45. The molecule has 1 aliphatic carbocycles. The zero-order valence-electron chi connectivity index (χ0n) is 13.4. The molecule has 2 nitrogen and oxygen atoms in total. The number of anilines is 1. The smallest absolute Gasteiger partial charge is 0.0606 e. The Morgan fingerprint density at radius 1 is 1.30 bits per heavy atom. The van der Waals surface area contributed by atoms with Gasteiger partial charge in [0.15, 0.2) is 0 Å². The van der Waals surface area contributed by atoms with Gasteiger partial charge in [0.1, 0.15) is 0 Å². The Morgan fingerprint density at radius 2 is 2.05 bits per heavy atom. The molecule has 20 heavy (non-hydrogen) atoms. The van der Waals surface area contributed by atoms with Crippen LogP contribution in [0.2, 0.25) is 0 Å². The average molecular weight is 275 g/mol. The van der Waals surface area contributed by atoms with Gasteiger partial charge in [-0.1, -0.05) is 32.9 Å². The Kier molecular flexibility index (Phi) is 4.74. The molecule has 1 aromatic carbocycles. The molecule has 2 unspecified atom stereocenters. The summed E-state index contributed by atoms with van der Waals surface area (Å²) in [7, 11) is 0. The van der Waals surface area contributed by atoms with Gasteiger partial charge in [-0.15, -0.1) is 0 Å². The van der Waals surface area contributed by atoms with E-state index in [2.05, 4.69) is 56.9 Å². The highest BCUT2D eigenvalue weighted by atomic mass is 16.3. The largest absolute Gasteiger partial charge is 0.395 e. The third-order valence-electron chi connectivity index (χ3n) is 4.48. The Morgan fingerprint density at radius 3 is 2.65 bits per heavy atom. The molecule has 0 radical (unpaired) electrons. The van der Waals surface area contributed by atoms with Gasteiger partial charge < -0.3 is 10.0 Å². The van der Waals surface area contributed by atoms with Gasteiger partial charge in [-0.3, -0.25) is 0 Å². The molecule has 0 saturated heterocycles. The molecule has 0 spiro atoms. The van der Waals surface area contributed by atoms with Crippen LogP contribution >= 0.6 is 0 Å². The van der Waals surface area contributed by atoms with Crippen LogP contribution in [0.1, 0.15) is 45.6 Å². The van der Waals surface area contributed by atoms with E-state index in [0.29, 0.717) is 11.5 Å². The molecule has 1 N–H and O–H groups in total. The first-order valence-corrected chi connectivity index (χ1v) is 7.85. The van der Waals surface area contributed by atoms with Crippen LogP contribution < -0.4 is 4.90 Å². The highest BCUT2D eigenvalue weighted by Crippen LogP contribution is 2.41. The minimum atomic E-state index is 0.221. The van der Waals surface area contributed by atoms with Crippen LogP contribution in [0.4, 0.5) is 5.69 Å². The summed E-state index contributed by atoms with van der Waals surface area (Å²) in [5.41, 5.74) is 2.95. The van der Waals surface area contributed by atoms with Gasteiger partial charge in [0.05, 0.1) is 6.61 Å². The number of hydrogen-bond acceptors (Lipinski definition) is 2. The fraction of sp³-hybridized carbons (Fsp3) is 0.667. The number of aliphatic hydroxyl groups is 1. The van der Waals surface area contributed by atoms with E-state index in [9.17, 15) is 5.11 Å². The van der Waals surface area contributed by atoms with Gasteiger partial charge in [-0.05, 0) is 55.2 Å². The summed E-state index contributed by atoms with van der Waals surface area (Å²) in [5.74, 6) is 0.759. The average Bonchev–Trinajstić information content (AvgIpc) is 2.33. The molecule has 1 fully saturated rings. The van der Waals surface area contributed by atoms with Crippen LogP contribution in [0.5, 0.6) is 0 Å². The van der Waals surface area contributed by atoms with Crippen molar-refractivity contribution >= 4 is 5.69 Å². The molecule has 1 saturated carbocycles. The maximum atomic E-state index is 9.45. The van der Waals surface area contributed by atoms with Crippen molar-refractivity contribution in [3.63, 3.8) is 0 Å². The topological polar surface area (TPSA) is 23.5 Å². The highest BCUT2D eigenvalue weighted by molar-refractivity contribution is 5.49. The normalized spacial score (nSPS) is 25.4. The summed E-state index contributed by atoms with van der Waals surface area (Å²) < 4.78 is 0. The van der Waals surface area contributed by atoms with Crippen LogP contribution in [0.3, 0.4) is 0 Å². The van der Waals surface area contributed by atoms with Gasteiger partial charge >= 0.3 is 0 Å². The van der Waals surface area contributed by atoms with Crippen LogP contribution in [-0.4, -0.2) is 24.3 Å². The predicted molar refractivity (Wildman–Crippen MR) is 86.2 cm³/mol. The molecule has 2 rings (SSSR count). The third kappa shape index (κ3) is 3.76.